The molecule has 0 spiro atoms. The Hall–Kier alpha value is -2.14. The monoisotopic (exact) mass is 314 g/mol. The van der Waals surface area contributed by atoms with Crippen molar-refractivity contribution >= 4 is 28.2 Å². The van der Waals surface area contributed by atoms with E-state index in [0.29, 0.717) is 11.3 Å². The van der Waals surface area contributed by atoms with Gasteiger partial charge in [-0.1, -0.05) is 17.3 Å². The highest BCUT2D eigenvalue weighted by Gasteiger charge is 2.16. The average molecular weight is 314 g/mol. The van der Waals surface area contributed by atoms with E-state index in [1.807, 2.05) is 31.2 Å². The van der Waals surface area contributed by atoms with Gasteiger partial charge in [0, 0.05) is 15.1 Å². The van der Waals surface area contributed by atoms with E-state index >= 15 is 0 Å². The molecule has 0 bridgehead atoms. The lowest BCUT2D eigenvalue weighted by molar-refractivity contribution is -0.121. The van der Waals surface area contributed by atoms with Crippen LogP contribution < -0.4 is 5.32 Å². The summed E-state index contributed by atoms with van der Waals surface area (Å²) in [6.45, 7) is 6.17. The highest BCUT2D eigenvalue weighted by Crippen LogP contribution is 2.26. The maximum atomic E-state index is 12.3. The van der Waals surface area contributed by atoms with Crippen molar-refractivity contribution in [2.75, 3.05) is 0 Å². The van der Waals surface area contributed by atoms with Crippen molar-refractivity contribution in [3.63, 3.8) is 0 Å². The molecule has 0 saturated carbocycles. The van der Waals surface area contributed by atoms with Crippen molar-refractivity contribution in [2.45, 2.75) is 33.2 Å². The van der Waals surface area contributed by atoms with Gasteiger partial charge in [-0.2, -0.15) is 0 Å². The molecule has 1 atom stereocenters. The van der Waals surface area contributed by atoms with Crippen LogP contribution in [-0.4, -0.2) is 11.1 Å². The minimum atomic E-state index is -0.0465. The summed E-state index contributed by atoms with van der Waals surface area (Å²) < 4.78 is 5.23. The van der Waals surface area contributed by atoms with Crippen molar-refractivity contribution in [1.82, 2.24) is 10.5 Å². The summed E-state index contributed by atoms with van der Waals surface area (Å²) >= 11 is 1.75. The molecule has 1 aromatic carbocycles. The zero-order valence-electron chi connectivity index (χ0n) is 12.8. The van der Waals surface area contributed by atoms with Crippen LogP contribution in [0.15, 0.2) is 34.9 Å². The molecule has 22 heavy (non-hydrogen) atoms. The Kier molecular flexibility index (Phi) is 3.98. The third-order valence-corrected chi connectivity index (χ3v) is 4.69. The first-order valence-electron chi connectivity index (χ1n) is 7.24. The van der Waals surface area contributed by atoms with Crippen LogP contribution in [0.3, 0.4) is 0 Å². The SMILES string of the molecule is Cc1cc(C(C)NC(=O)Cc2noc3ccccc23)c(C)s1. The predicted octanol–water partition coefficient (Wildman–Crippen LogP) is 3.93. The molecule has 0 aliphatic heterocycles. The van der Waals surface area contributed by atoms with Crippen molar-refractivity contribution in [2.24, 2.45) is 0 Å². The second-order valence-corrected chi connectivity index (χ2v) is 6.92. The molecule has 0 radical (unpaired) electrons. The van der Waals surface area contributed by atoms with Crippen molar-refractivity contribution in [3.05, 3.63) is 51.3 Å². The normalized spacial score (nSPS) is 12.5. The topological polar surface area (TPSA) is 55.1 Å². The maximum Gasteiger partial charge on any atom is 0.226 e. The van der Waals surface area contributed by atoms with Gasteiger partial charge in [-0.05, 0) is 44.5 Å². The molecule has 0 aliphatic rings. The van der Waals surface area contributed by atoms with Crippen molar-refractivity contribution < 1.29 is 9.32 Å². The molecule has 1 N–H and O–H groups in total. The van der Waals surface area contributed by atoms with Crippen LogP contribution in [0.5, 0.6) is 0 Å². The van der Waals surface area contributed by atoms with E-state index < -0.39 is 0 Å². The van der Waals surface area contributed by atoms with E-state index in [-0.39, 0.29) is 18.4 Å². The maximum absolute atomic E-state index is 12.3. The van der Waals surface area contributed by atoms with Crippen LogP contribution in [0.4, 0.5) is 0 Å². The summed E-state index contributed by atoms with van der Waals surface area (Å²) in [6.07, 6.45) is 0.226. The molecule has 5 heteroatoms. The molecule has 2 heterocycles. The summed E-state index contributed by atoms with van der Waals surface area (Å²) in [7, 11) is 0. The number of para-hydroxylation sites is 1. The first-order valence-corrected chi connectivity index (χ1v) is 8.06. The second kappa shape index (κ2) is 5.93. The fourth-order valence-corrected chi connectivity index (χ4v) is 3.69. The van der Waals surface area contributed by atoms with E-state index in [2.05, 4.69) is 30.4 Å². The molecule has 0 fully saturated rings. The molecule has 1 amide bonds. The van der Waals surface area contributed by atoms with Crippen LogP contribution in [0.25, 0.3) is 11.0 Å². The molecule has 3 rings (SSSR count). The van der Waals surface area contributed by atoms with E-state index in [9.17, 15) is 4.79 Å². The summed E-state index contributed by atoms with van der Waals surface area (Å²) in [6, 6.07) is 9.71. The Balaban J connectivity index is 1.71. The Morgan fingerprint density at radius 3 is 2.86 bits per heavy atom. The first kappa shape index (κ1) is 14.8. The van der Waals surface area contributed by atoms with Gasteiger partial charge in [0.25, 0.3) is 0 Å². The molecule has 2 aromatic heterocycles. The van der Waals surface area contributed by atoms with Crippen LogP contribution in [0.2, 0.25) is 0 Å². The minimum absolute atomic E-state index is 0.00406. The number of carbonyl (C=O) groups is 1. The number of carbonyl (C=O) groups excluding carboxylic acids is 1. The van der Waals surface area contributed by atoms with Gasteiger partial charge < -0.3 is 9.84 Å². The van der Waals surface area contributed by atoms with E-state index in [1.54, 1.807) is 11.3 Å². The molecular weight excluding hydrogens is 296 g/mol. The number of rotatable bonds is 4. The highest BCUT2D eigenvalue weighted by molar-refractivity contribution is 7.12. The number of thiophene rings is 1. The second-order valence-electron chi connectivity index (χ2n) is 5.46. The third-order valence-electron chi connectivity index (χ3n) is 3.70. The van der Waals surface area contributed by atoms with Gasteiger partial charge in [0.15, 0.2) is 5.58 Å². The van der Waals surface area contributed by atoms with Crippen LogP contribution in [-0.2, 0) is 11.2 Å². The van der Waals surface area contributed by atoms with Crippen LogP contribution >= 0.6 is 11.3 Å². The number of fused-ring (bicyclic) bond motifs is 1. The molecule has 3 aromatic rings. The minimum Gasteiger partial charge on any atom is -0.356 e. The Bertz CT molecular complexity index is 819. The van der Waals surface area contributed by atoms with Gasteiger partial charge in [-0.15, -0.1) is 11.3 Å². The Labute approximate surface area is 133 Å². The quantitative estimate of drug-likeness (QED) is 0.794. The predicted molar refractivity (Wildman–Crippen MR) is 88.1 cm³/mol. The lowest BCUT2D eigenvalue weighted by Gasteiger charge is -2.13. The zero-order chi connectivity index (χ0) is 15.7. The number of aromatic nitrogens is 1. The summed E-state index contributed by atoms with van der Waals surface area (Å²) in [5.74, 6) is -0.0465. The van der Waals surface area contributed by atoms with Crippen molar-refractivity contribution in [1.29, 1.82) is 0 Å². The number of nitrogens with zero attached hydrogens (tertiary/aromatic N) is 1. The number of amides is 1. The van der Waals surface area contributed by atoms with E-state index in [0.717, 1.165) is 5.39 Å². The van der Waals surface area contributed by atoms with Gasteiger partial charge in [0.2, 0.25) is 5.91 Å². The number of benzene rings is 1. The van der Waals surface area contributed by atoms with E-state index in [4.69, 9.17) is 4.52 Å². The third kappa shape index (κ3) is 2.90. The average Bonchev–Trinajstić information content (AvgIpc) is 3.02. The van der Waals surface area contributed by atoms with Gasteiger partial charge in [-0.25, -0.2) is 0 Å². The lowest BCUT2D eigenvalue weighted by atomic mass is 10.1. The molecule has 114 valence electrons. The van der Waals surface area contributed by atoms with Gasteiger partial charge in [0.05, 0.1) is 12.5 Å². The largest absolute Gasteiger partial charge is 0.356 e. The number of aryl methyl sites for hydroxylation is 2. The molecular formula is C17H18N2O2S. The lowest BCUT2D eigenvalue weighted by Crippen LogP contribution is -2.28. The molecule has 0 aliphatic carbocycles. The van der Waals surface area contributed by atoms with Crippen LogP contribution in [0.1, 0.15) is 34.0 Å². The van der Waals surface area contributed by atoms with E-state index in [1.165, 1.54) is 15.3 Å². The molecule has 0 saturated heterocycles. The fourth-order valence-electron chi connectivity index (χ4n) is 2.67. The zero-order valence-corrected chi connectivity index (χ0v) is 13.7. The van der Waals surface area contributed by atoms with Gasteiger partial charge >= 0.3 is 0 Å². The highest BCUT2D eigenvalue weighted by atomic mass is 32.1. The van der Waals surface area contributed by atoms with Gasteiger partial charge in [-0.3, -0.25) is 4.79 Å². The Morgan fingerprint density at radius 1 is 1.36 bits per heavy atom. The Morgan fingerprint density at radius 2 is 2.14 bits per heavy atom. The van der Waals surface area contributed by atoms with Gasteiger partial charge in [0.1, 0.15) is 5.69 Å². The summed E-state index contributed by atoms with van der Waals surface area (Å²) in [5, 5.41) is 7.94. The summed E-state index contributed by atoms with van der Waals surface area (Å²) in [5.41, 5.74) is 2.57. The number of nitrogens with one attached hydrogen (secondary N) is 1. The first-order chi connectivity index (χ1) is 10.5. The number of hydrogen-bond acceptors (Lipinski definition) is 4. The summed E-state index contributed by atoms with van der Waals surface area (Å²) in [4.78, 5) is 14.8. The fraction of sp³-hybridized carbons (Fsp3) is 0.294. The molecule has 1 unspecified atom stereocenters. The molecule has 4 nitrogen and oxygen atoms in total. The standard InChI is InChI=1S/C17H18N2O2S/c1-10-8-14(12(3)22-10)11(2)18-17(20)9-15-13-6-4-5-7-16(13)21-19-15/h4-8,11H,9H2,1-3H3,(H,18,20). The van der Waals surface area contributed by atoms with Crippen molar-refractivity contribution in [3.8, 4) is 0 Å². The number of hydrogen-bond donors (Lipinski definition) is 1. The van der Waals surface area contributed by atoms with Crippen LogP contribution in [0, 0.1) is 13.8 Å². The smallest absolute Gasteiger partial charge is 0.226 e.